The SMILES string of the molecule is CC1(C)C(=O)Nc2ccc(-c3nccs3)cc21. The van der Waals surface area contributed by atoms with Crippen molar-refractivity contribution in [1.29, 1.82) is 0 Å². The topological polar surface area (TPSA) is 42.0 Å². The highest BCUT2D eigenvalue weighted by Gasteiger charge is 2.38. The summed E-state index contributed by atoms with van der Waals surface area (Å²) in [5.74, 6) is 0.0591. The molecule has 86 valence electrons. The van der Waals surface area contributed by atoms with Gasteiger partial charge in [-0.2, -0.15) is 0 Å². The number of nitrogens with zero attached hydrogens (tertiary/aromatic N) is 1. The van der Waals surface area contributed by atoms with Gasteiger partial charge in [-0.15, -0.1) is 11.3 Å². The van der Waals surface area contributed by atoms with Crippen LogP contribution in [-0.2, 0) is 10.2 Å². The zero-order valence-electron chi connectivity index (χ0n) is 9.65. The van der Waals surface area contributed by atoms with Crippen LogP contribution < -0.4 is 5.32 Å². The molecule has 1 aromatic carbocycles. The van der Waals surface area contributed by atoms with Crippen molar-refractivity contribution in [3.63, 3.8) is 0 Å². The van der Waals surface area contributed by atoms with Crippen molar-refractivity contribution in [3.05, 3.63) is 35.3 Å². The zero-order valence-corrected chi connectivity index (χ0v) is 10.5. The Bertz CT molecular complexity index is 587. The molecule has 0 bridgehead atoms. The molecular formula is C13H12N2OS. The lowest BCUT2D eigenvalue weighted by atomic mass is 9.85. The summed E-state index contributed by atoms with van der Waals surface area (Å²) in [5, 5.41) is 5.85. The van der Waals surface area contributed by atoms with Crippen molar-refractivity contribution < 1.29 is 4.79 Å². The molecule has 0 unspecified atom stereocenters. The lowest BCUT2D eigenvalue weighted by Gasteiger charge is -2.15. The Morgan fingerprint density at radius 3 is 2.88 bits per heavy atom. The van der Waals surface area contributed by atoms with Crippen LogP contribution in [0.3, 0.4) is 0 Å². The molecule has 2 heterocycles. The first-order valence-electron chi connectivity index (χ1n) is 5.45. The first kappa shape index (κ1) is 10.5. The number of anilines is 1. The smallest absolute Gasteiger partial charge is 0.234 e. The second kappa shape index (κ2) is 3.40. The standard InChI is InChI=1S/C13H12N2OS/c1-13(2)9-7-8(11-14-5-6-17-11)3-4-10(9)15-12(13)16/h3-7H,1-2H3,(H,15,16). The molecular weight excluding hydrogens is 232 g/mol. The van der Waals surface area contributed by atoms with Crippen molar-refractivity contribution in [3.8, 4) is 10.6 Å². The second-order valence-corrected chi connectivity index (χ2v) is 5.57. The van der Waals surface area contributed by atoms with Gasteiger partial charge in [0.1, 0.15) is 5.01 Å². The van der Waals surface area contributed by atoms with Crippen molar-refractivity contribution in [2.24, 2.45) is 0 Å². The van der Waals surface area contributed by atoms with E-state index >= 15 is 0 Å². The third kappa shape index (κ3) is 1.48. The van der Waals surface area contributed by atoms with Gasteiger partial charge in [0.05, 0.1) is 5.41 Å². The van der Waals surface area contributed by atoms with Gasteiger partial charge in [0, 0.05) is 22.8 Å². The van der Waals surface area contributed by atoms with Gasteiger partial charge >= 0.3 is 0 Å². The van der Waals surface area contributed by atoms with Crippen molar-refractivity contribution >= 4 is 22.9 Å². The van der Waals surface area contributed by atoms with Crippen molar-refractivity contribution in [2.75, 3.05) is 5.32 Å². The second-order valence-electron chi connectivity index (χ2n) is 4.68. The molecule has 0 saturated heterocycles. The maximum atomic E-state index is 11.8. The summed E-state index contributed by atoms with van der Waals surface area (Å²) < 4.78 is 0. The van der Waals surface area contributed by atoms with Gasteiger partial charge in [0.15, 0.2) is 0 Å². The monoisotopic (exact) mass is 244 g/mol. The van der Waals surface area contributed by atoms with Gasteiger partial charge in [0.2, 0.25) is 5.91 Å². The van der Waals surface area contributed by atoms with Crippen LogP contribution in [0.25, 0.3) is 10.6 Å². The quantitative estimate of drug-likeness (QED) is 0.837. The van der Waals surface area contributed by atoms with E-state index in [1.165, 1.54) is 0 Å². The minimum Gasteiger partial charge on any atom is -0.325 e. The van der Waals surface area contributed by atoms with Gasteiger partial charge < -0.3 is 5.32 Å². The molecule has 17 heavy (non-hydrogen) atoms. The van der Waals surface area contributed by atoms with E-state index in [4.69, 9.17) is 0 Å². The molecule has 0 radical (unpaired) electrons. The number of amides is 1. The predicted molar refractivity (Wildman–Crippen MR) is 69.2 cm³/mol. The number of benzene rings is 1. The van der Waals surface area contributed by atoms with Crippen LogP contribution in [0.15, 0.2) is 29.8 Å². The molecule has 0 saturated carbocycles. The van der Waals surface area contributed by atoms with Gasteiger partial charge in [0.25, 0.3) is 0 Å². The number of carbonyl (C=O) groups excluding carboxylic acids is 1. The maximum absolute atomic E-state index is 11.8. The Morgan fingerprint density at radius 2 is 2.18 bits per heavy atom. The average Bonchev–Trinajstić information content (AvgIpc) is 2.88. The third-order valence-corrected chi connectivity index (χ3v) is 4.01. The minimum absolute atomic E-state index is 0.0591. The van der Waals surface area contributed by atoms with Crippen LogP contribution in [0.2, 0.25) is 0 Å². The maximum Gasteiger partial charge on any atom is 0.234 e. The molecule has 1 aliphatic rings. The molecule has 1 aliphatic heterocycles. The summed E-state index contributed by atoms with van der Waals surface area (Å²) in [6.07, 6.45) is 1.79. The van der Waals surface area contributed by atoms with E-state index in [9.17, 15) is 4.79 Å². The Hall–Kier alpha value is -1.68. The number of aromatic nitrogens is 1. The van der Waals surface area contributed by atoms with Crippen LogP contribution in [0.5, 0.6) is 0 Å². The summed E-state index contributed by atoms with van der Waals surface area (Å²) in [7, 11) is 0. The van der Waals surface area contributed by atoms with Crippen LogP contribution >= 0.6 is 11.3 Å². The molecule has 2 aromatic rings. The lowest BCUT2D eigenvalue weighted by molar-refractivity contribution is -0.119. The molecule has 3 nitrogen and oxygen atoms in total. The fourth-order valence-electron chi connectivity index (χ4n) is 2.07. The van der Waals surface area contributed by atoms with Crippen molar-refractivity contribution in [1.82, 2.24) is 4.98 Å². The largest absolute Gasteiger partial charge is 0.325 e. The Kier molecular flexibility index (Phi) is 2.10. The summed E-state index contributed by atoms with van der Waals surface area (Å²) >= 11 is 1.61. The average molecular weight is 244 g/mol. The van der Waals surface area contributed by atoms with E-state index in [2.05, 4.69) is 16.4 Å². The van der Waals surface area contributed by atoms with E-state index in [1.54, 1.807) is 17.5 Å². The van der Waals surface area contributed by atoms with Crippen LogP contribution in [0.4, 0.5) is 5.69 Å². The van der Waals surface area contributed by atoms with Crippen LogP contribution in [-0.4, -0.2) is 10.9 Å². The molecule has 0 spiro atoms. The number of hydrogen-bond acceptors (Lipinski definition) is 3. The number of carbonyl (C=O) groups is 1. The fraction of sp³-hybridized carbons (Fsp3) is 0.231. The predicted octanol–water partition coefficient (Wildman–Crippen LogP) is 3.04. The number of nitrogens with one attached hydrogen (secondary N) is 1. The number of rotatable bonds is 1. The van der Waals surface area contributed by atoms with E-state index in [1.807, 2.05) is 31.4 Å². The summed E-state index contributed by atoms with van der Waals surface area (Å²) in [6, 6.07) is 6.02. The highest BCUT2D eigenvalue weighted by atomic mass is 32.1. The lowest BCUT2D eigenvalue weighted by Crippen LogP contribution is -2.26. The highest BCUT2D eigenvalue weighted by molar-refractivity contribution is 7.13. The molecule has 3 rings (SSSR count). The molecule has 1 N–H and O–H groups in total. The first-order valence-corrected chi connectivity index (χ1v) is 6.33. The Morgan fingerprint density at radius 1 is 1.35 bits per heavy atom. The van der Waals surface area contributed by atoms with Crippen LogP contribution in [0, 0.1) is 0 Å². The molecule has 0 atom stereocenters. The van der Waals surface area contributed by atoms with E-state index in [0.717, 1.165) is 21.8 Å². The zero-order chi connectivity index (χ0) is 12.0. The Balaban J connectivity index is 2.15. The summed E-state index contributed by atoms with van der Waals surface area (Å²) in [5.41, 5.74) is 2.58. The first-order chi connectivity index (χ1) is 8.09. The number of fused-ring (bicyclic) bond motifs is 1. The summed E-state index contributed by atoms with van der Waals surface area (Å²) in [6.45, 7) is 3.89. The number of thiazole rings is 1. The van der Waals surface area contributed by atoms with Gasteiger partial charge in [-0.25, -0.2) is 4.98 Å². The molecule has 1 aromatic heterocycles. The number of hydrogen-bond donors (Lipinski definition) is 1. The van der Waals surface area contributed by atoms with E-state index < -0.39 is 5.41 Å². The molecule has 0 aliphatic carbocycles. The molecule has 0 fully saturated rings. The summed E-state index contributed by atoms with van der Waals surface area (Å²) in [4.78, 5) is 16.1. The van der Waals surface area contributed by atoms with Crippen LogP contribution in [0.1, 0.15) is 19.4 Å². The van der Waals surface area contributed by atoms with Crippen molar-refractivity contribution in [2.45, 2.75) is 19.3 Å². The molecule has 4 heteroatoms. The molecule has 1 amide bonds. The van der Waals surface area contributed by atoms with E-state index in [-0.39, 0.29) is 5.91 Å². The fourth-order valence-corrected chi connectivity index (χ4v) is 2.71. The minimum atomic E-state index is -0.456. The third-order valence-electron chi connectivity index (χ3n) is 3.19. The van der Waals surface area contributed by atoms with Gasteiger partial charge in [-0.3, -0.25) is 4.79 Å². The normalized spacial score (nSPS) is 16.7. The van der Waals surface area contributed by atoms with E-state index in [0.29, 0.717) is 0 Å². The Labute approximate surface area is 104 Å². The van der Waals surface area contributed by atoms with Gasteiger partial charge in [-0.1, -0.05) is 0 Å². The van der Waals surface area contributed by atoms with Gasteiger partial charge in [-0.05, 0) is 37.6 Å². The highest BCUT2D eigenvalue weighted by Crippen LogP contribution is 2.39.